The summed E-state index contributed by atoms with van der Waals surface area (Å²) in [6, 6.07) is 5.97. The lowest BCUT2D eigenvalue weighted by Gasteiger charge is -2.38. The molecular formula is C12H15F3N2O. The van der Waals surface area contributed by atoms with Gasteiger partial charge in [-0.2, -0.15) is 0 Å². The molecule has 0 saturated carbocycles. The van der Waals surface area contributed by atoms with Crippen LogP contribution in [-0.2, 0) is 6.54 Å². The minimum absolute atomic E-state index is 0.185. The molecule has 1 fully saturated rings. The van der Waals surface area contributed by atoms with E-state index in [-0.39, 0.29) is 5.75 Å². The molecule has 0 aliphatic carbocycles. The van der Waals surface area contributed by atoms with Gasteiger partial charge in [-0.15, -0.1) is 13.2 Å². The monoisotopic (exact) mass is 260 g/mol. The van der Waals surface area contributed by atoms with Gasteiger partial charge in [0.2, 0.25) is 0 Å². The molecule has 1 aromatic rings. The van der Waals surface area contributed by atoms with E-state index < -0.39 is 6.36 Å². The Morgan fingerprint density at radius 1 is 1.22 bits per heavy atom. The Hall–Kier alpha value is -1.27. The SMILES string of the molecule is NCC1CN(Cc2ccc(OC(F)(F)F)cc2)C1. The molecule has 18 heavy (non-hydrogen) atoms. The number of benzene rings is 1. The minimum Gasteiger partial charge on any atom is -0.406 e. The Kier molecular flexibility index (Phi) is 3.77. The molecule has 6 heteroatoms. The molecule has 0 amide bonds. The van der Waals surface area contributed by atoms with E-state index in [0.29, 0.717) is 12.5 Å². The van der Waals surface area contributed by atoms with Gasteiger partial charge < -0.3 is 10.5 Å². The fourth-order valence-corrected chi connectivity index (χ4v) is 2.01. The second-order valence-corrected chi connectivity index (χ2v) is 4.49. The van der Waals surface area contributed by atoms with Crippen LogP contribution >= 0.6 is 0 Å². The van der Waals surface area contributed by atoms with Crippen molar-refractivity contribution in [3.63, 3.8) is 0 Å². The molecule has 0 spiro atoms. The van der Waals surface area contributed by atoms with E-state index >= 15 is 0 Å². The second kappa shape index (κ2) is 5.16. The van der Waals surface area contributed by atoms with Gasteiger partial charge in [0.15, 0.2) is 0 Å². The molecule has 1 aromatic carbocycles. The third kappa shape index (κ3) is 3.61. The lowest BCUT2D eigenvalue weighted by Crippen LogP contribution is -2.49. The van der Waals surface area contributed by atoms with Crippen molar-refractivity contribution in [2.75, 3.05) is 19.6 Å². The van der Waals surface area contributed by atoms with Crippen LogP contribution in [0.4, 0.5) is 13.2 Å². The smallest absolute Gasteiger partial charge is 0.406 e. The van der Waals surface area contributed by atoms with Crippen molar-refractivity contribution >= 4 is 0 Å². The van der Waals surface area contributed by atoms with E-state index in [1.807, 2.05) is 0 Å². The van der Waals surface area contributed by atoms with E-state index in [4.69, 9.17) is 5.73 Å². The van der Waals surface area contributed by atoms with E-state index in [9.17, 15) is 13.2 Å². The predicted octanol–water partition coefficient (Wildman–Crippen LogP) is 1.98. The first-order chi connectivity index (χ1) is 8.46. The topological polar surface area (TPSA) is 38.5 Å². The third-order valence-electron chi connectivity index (χ3n) is 2.93. The van der Waals surface area contributed by atoms with Gasteiger partial charge in [0.05, 0.1) is 0 Å². The first-order valence-electron chi connectivity index (χ1n) is 5.73. The number of alkyl halides is 3. The van der Waals surface area contributed by atoms with E-state index in [1.165, 1.54) is 12.1 Å². The van der Waals surface area contributed by atoms with Crippen molar-refractivity contribution in [2.24, 2.45) is 11.7 Å². The molecule has 100 valence electrons. The lowest BCUT2D eigenvalue weighted by molar-refractivity contribution is -0.274. The molecule has 1 aliphatic rings. The number of hydrogen-bond donors (Lipinski definition) is 1. The highest BCUT2D eigenvalue weighted by Crippen LogP contribution is 2.24. The molecule has 1 heterocycles. The first-order valence-corrected chi connectivity index (χ1v) is 5.73. The summed E-state index contributed by atoms with van der Waals surface area (Å²) in [5.74, 6) is 0.368. The average Bonchev–Trinajstić information content (AvgIpc) is 2.23. The fraction of sp³-hybridized carbons (Fsp3) is 0.500. The predicted molar refractivity (Wildman–Crippen MR) is 60.9 cm³/mol. The Balaban J connectivity index is 1.85. The quantitative estimate of drug-likeness (QED) is 0.899. The maximum absolute atomic E-state index is 12.0. The van der Waals surface area contributed by atoms with Crippen molar-refractivity contribution in [1.29, 1.82) is 0 Å². The van der Waals surface area contributed by atoms with E-state index in [0.717, 1.165) is 25.2 Å². The van der Waals surface area contributed by atoms with E-state index in [2.05, 4.69) is 9.64 Å². The molecule has 1 saturated heterocycles. The second-order valence-electron chi connectivity index (χ2n) is 4.49. The summed E-state index contributed by atoms with van der Waals surface area (Å²) in [5.41, 5.74) is 6.49. The number of hydrogen-bond acceptors (Lipinski definition) is 3. The zero-order chi connectivity index (χ0) is 13.2. The standard InChI is InChI=1S/C12H15F3N2O/c13-12(14,15)18-11-3-1-9(2-4-11)6-17-7-10(5-16)8-17/h1-4,10H,5-8,16H2. The van der Waals surface area contributed by atoms with Gasteiger partial charge in [0.25, 0.3) is 0 Å². The van der Waals surface area contributed by atoms with Crippen molar-refractivity contribution < 1.29 is 17.9 Å². The van der Waals surface area contributed by atoms with Gasteiger partial charge in [-0.05, 0) is 30.2 Å². The molecule has 2 rings (SSSR count). The van der Waals surface area contributed by atoms with Crippen LogP contribution in [0, 0.1) is 5.92 Å². The molecule has 3 nitrogen and oxygen atoms in total. The first kappa shape index (κ1) is 13.2. The van der Waals surface area contributed by atoms with Gasteiger partial charge >= 0.3 is 6.36 Å². The van der Waals surface area contributed by atoms with Gasteiger partial charge in [-0.3, -0.25) is 4.90 Å². The molecule has 0 bridgehead atoms. The summed E-state index contributed by atoms with van der Waals surface area (Å²) >= 11 is 0. The van der Waals surface area contributed by atoms with Crippen molar-refractivity contribution in [3.05, 3.63) is 29.8 Å². The summed E-state index contributed by atoms with van der Waals surface area (Å²) < 4.78 is 39.7. The Labute approximate surface area is 103 Å². The highest BCUT2D eigenvalue weighted by Gasteiger charge is 2.31. The number of nitrogens with zero attached hydrogens (tertiary/aromatic N) is 1. The number of nitrogens with two attached hydrogens (primary N) is 1. The largest absolute Gasteiger partial charge is 0.573 e. The van der Waals surface area contributed by atoms with Crippen molar-refractivity contribution in [2.45, 2.75) is 12.9 Å². The maximum atomic E-state index is 12.0. The summed E-state index contributed by atoms with van der Waals surface area (Å²) in [5, 5.41) is 0. The van der Waals surface area contributed by atoms with Crippen LogP contribution < -0.4 is 10.5 Å². The molecule has 1 aliphatic heterocycles. The zero-order valence-electron chi connectivity index (χ0n) is 9.78. The van der Waals surface area contributed by atoms with Gasteiger partial charge in [0, 0.05) is 19.6 Å². The van der Waals surface area contributed by atoms with Crippen LogP contribution in [0.3, 0.4) is 0 Å². The number of ether oxygens (including phenoxy) is 1. The van der Waals surface area contributed by atoms with Gasteiger partial charge in [0.1, 0.15) is 5.75 Å². The fourth-order valence-electron chi connectivity index (χ4n) is 2.01. The van der Waals surface area contributed by atoms with Crippen LogP contribution in [0.2, 0.25) is 0 Å². The number of halogens is 3. The number of likely N-dealkylation sites (tertiary alicyclic amines) is 1. The Morgan fingerprint density at radius 3 is 2.33 bits per heavy atom. The van der Waals surface area contributed by atoms with Crippen molar-refractivity contribution in [1.82, 2.24) is 4.90 Å². The van der Waals surface area contributed by atoms with Gasteiger partial charge in [-0.25, -0.2) is 0 Å². The molecular weight excluding hydrogens is 245 g/mol. The molecule has 2 N–H and O–H groups in total. The zero-order valence-corrected chi connectivity index (χ0v) is 9.78. The molecule has 0 aromatic heterocycles. The summed E-state index contributed by atoms with van der Waals surface area (Å²) in [6.45, 7) is 3.34. The summed E-state index contributed by atoms with van der Waals surface area (Å²) in [6.07, 6.45) is -4.63. The van der Waals surface area contributed by atoms with Crippen LogP contribution in [-0.4, -0.2) is 30.9 Å². The highest BCUT2D eigenvalue weighted by atomic mass is 19.4. The van der Waals surface area contributed by atoms with Crippen LogP contribution in [0.1, 0.15) is 5.56 Å². The summed E-state index contributed by atoms with van der Waals surface area (Å²) in [4.78, 5) is 2.21. The normalized spacial score (nSPS) is 17.6. The number of rotatable bonds is 4. The minimum atomic E-state index is -4.63. The molecule has 0 radical (unpaired) electrons. The average molecular weight is 260 g/mol. The lowest BCUT2D eigenvalue weighted by atomic mass is 10.00. The van der Waals surface area contributed by atoms with Crippen LogP contribution in [0.15, 0.2) is 24.3 Å². The third-order valence-corrected chi connectivity index (χ3v) is 2.93. The highest BCUT2D eigenvalue weighted by molar-refractivity contribution is 5.27. The maximum Gasteiger partial charge on any atom is 0.573 e. The molecule has 0 unspecified atom stereocenters. The Bertz CT molecular complexity index is 385. The van der Waals surface area contributed by atoms with Crippen LogP contribution in [0.5, 0.6) is 5.75 Å². The van der Waals surface area contributed by atoms with Gasteiger partial charge in [-0.1, -0.05) is 12.1 Å². The molecule has 0 atom stereocenters. The summed E-state index contributed by atoms with van der Waals surface area (Å²) in [7, 11) is 0. The van der Waals surface area contributed by atoms with Crippen LogP contribution in [0.25, 0.3) is 0 Å². The van der Waals surface area contributed by atoms with Crippen molar-refractivity contribution in [3.8, 4) is 5.75 Å². The Morgan fingerprint density at radius 2 is 1.83 bits per heavy atom. The van der Waals surface area contributed by atoms with E-state index in [1.54, 1.807) is 12.1 Å².